The van der Waals surface area contributed by atoms with Gasteiger partial charge in [0.25, 0.3) is 0 Å². The number of likely N-dealkylation sites (tertiary alicyclic amines) is 1. The Labute approximate surface area is 113 Å². The van der Waals surface area contributed by atoms with Crippen LogP contribution in [0, 0.1) is 11.3 Å². The number of nitriles is 1. The van der Waals surface area contributed by atoms with Gasteiger partial charge in [-0.1, -0.05) is 24.3 Å². The van der Waals surface area contributed by atoms with Gasteiger partial charge < -0.3 is 0 Å². The molecule has 1 saturated heterocycles. The summed E-state index contributed by atoms with van der Waals surface area (Å²) in [7, 11) is 0. The summed E-state index contributed by atoms with van der Waals surface area (Å²) in [6.45, 7) is 2.96. The molecule has 3 heteroatoms. The van der Waals surface area contributed by atoms with Crippen molar-refractivity contribution in [3.63, 3.8) is 0 Å². The molecule has 0 atom stereocenters. The van der Waals surface area contributed by atoms with Gasteiger partial charge in [-0.15, -0.1) is 0 Å². The molecule has 0 unspecified atom stereocenters. The number of hydrogen-bond donors (Lipinski definition) is 0. The zero-order valence-electron chi connectivity index (χ0n) is 10.7. The summed E-state index contributed by atoms with van der Waals surface area (Å²) in [6.07, 6.45) is 3.76. The molecule has 1 aromatic heterocycles. The summed E-state index contributed by atoms with van der Waals surface area (Å²) >= 11 is 0. The molecule has 0 N–H and O–H groups in total. The molecule has 0 saturated carbocycles. The van der Waals surface area contributed by atoms with Crippen LogP contribution in [-0.2, 0) is 6.54 Å². The molecule has 1 aliphatic rings. The zero-order valence-corrected chi connectivity index (χ0v) is 10.7. The number of hydrogen-bond acceptors (Lipinski definition) is 3. The Kier molecular flexibility index (Phi) is 3.26. The SMILES string of the molecule is N#Cc1ccccc1CN1CC(c2cccnc2)C1. The third-order valence-electron chi connectivity index (χ3n) is 3.64. The van der Waals surface area contributed by atoms with Gasteiger partial charge in [-0.2, -0.15) is 5.26 Å². The lowest BCUT2D eigenvalue weighted by Gasteiger charge is -2.39. The van der Waals surface area contributed by atoms with Crippen molar-refractivity contribution in [2.24, 2.45) is 0 Å². The second kappa shape index (κ2) is 5.21. The first kappa shape index (κ1) is 11.9. The molecule has 1 aromatic carbocycles. The maximum Gasteiger partial charge on any atom is 0.0995 e. The Morgan fingerprint density at radius 1 is 1.21 bits per heavy atom. The van der Waals surface area contributed by atoms with E-state index in [1.807, 2.05) is 42.7 Å². The van der Waals surface area contributed by atoms with Gasteiger partial charge in [-0.25, -0.2) is 0 Å². The van der Waals surface area contributed by atoms with Crippen molar-refractivity contribution in [2.45, 2.75) is 12.5 Å². The van der Waals surface area contributed by atoms with Crippen LogP contribution in [0.3, 0.4) is 0 Å². The number of benzene rings is 1. The largest absolute Gasteiger partial charge is 0.298 e. The molecule has 2 heterocycles. The van der Waals surface area contributed by atoms with Crippen LogP contribution >= 0.6 is 0 Å². The van der Waals surface area contributed by atoms with Crippen LogP contribution in [0.5, 0.6) is 0 Å². The molecule has 0 spiro atoms. The summed E-state index contributed by atoms with van der Waals surface area (Å²) in [6, 6.07) is 14.2. The highest BCUT2D eigenvalue weighted by molar-refractivity contribution is 5.37. The van der Waals surface area contributed by atoms with Gasteiger partial charge in [0.1, 0.15) is 0 Å². The van der Waals surface area contributed by atoms with Gasteiger partial charge in [-0.05, 0) is 23.3 Å². The Hall–Kier alpha value is -2.18. The monoisotopic (exact) mass is 249 g/mol. The Bertz CT molecular complexity index is 595. The Balaban J connectivity index is 1.62. The predicted molar refractivity (Wildman–Crippen MR) is 73.4 cm³/mol. The van der Waals surface area contributed by atoms with Crippen LogP contribution in [0.1, 0.15) is 22.6 Å². The molecule has 0 amide bonds. The third-order valence-corrected chi connectivity index (χ3v) is 3.64. The van der Waals surface area contributed by atoms with E-state index in [0.717, 1.165) is 30.8 Å². The van der Waals surface area contributed by atoms with Crippen molar-refractivity contribution < 1.29 is 0 Å². The van der Waals surface area contributed by atoms with E-state index in [1.54, 1.807) is 0 Å². The lowest BCUT2D eigenvalue weighted by Crippen LogP contribution is -2.44. The minimum Gasteiger partial charge on any atom is -0.298 e. The van der Waals surface area contributed by atoms with E-state index >= 15 is 0 Å². The summed E-state index contributed by atoms with van der Waals surface area (Å²) in [5.74, 6) is 0.586. The molecule has 0 radical (unpaired) electrons. The van der Waals surface area contributed by atoms with Crippen molar-refractivity contribution in [2.75, 3.05) is 13.1 Å². The van der Waals surface area contributed by atoms with E-state index in [4.69, 9.17) is 5.26 Å². The highest BCUT2D eigenvalue weighted by Crippen LogP contribution is 2.28. The fraction of sp³-hybridized carbons (Fsp3) is 0.250. The smallest absolute Gasteiger partial charge is 0.0995 e. The molecule has 1 aliphatic heterocycles. The summed E-state index contributed by atoms with van der Waals surface area (Å²) in [4.78, 5) is 6.53. The number of aromatic nitrogens is 1. The zero-order chi connectivity index (χ0) is 13.1. The van der Waals surface area contributed by atoms with Gasteiger partial charge in [0, 0.05) is 37.9 Å². The maximum atomic E-state index is 9.08. The van der Waals surface area contributed by atoms with Crippen LogP contribution in [0.15, 0.2) is 48.8 Å². The average molecular weight is 249 g/mol. The van der Waals surface area contributed by atoms with Crippen LogP contribution in [0.25, 0.3) is 0 Å². The Morgan fingerprint density at radius 3 is 2.79 bits per heavy atom. The minimum absolute atomic E-state index is 0.586. The van der Waals surface area contributed by atoms with Crippen LogP contribution in [0.4, 0.5) is 0 Å². The number of pyridine rings is 1. The first-order valence-electron chi connectivity index (χ1n) is 6.47. The molecule has 19 heavy (non-hydrogen) atoms. The minimum atomic E-state index is 0.586. The van der Waals surface area contributed by atoms with Gasteiger partial charge in [0.05, 0.1) is 11.6 Å². The van der Waals surface area contributed by atoms with Crippen LogP contribution < -0.4 is 0 Å². The molecule has 0 bridgehead atoms. The standard InChI is InChI=1S/C16H15N3/c17-8-13-4-1-2-5-15(13)10-19-11-16(12-19)14-6-3-7-18-9-14/h1-7,9,16H,10-12H2. The molecular weight excluding hydrogens is 234 g/mol. The summed E-state index contributed by atoms with van der Waals surface area (Å²) in [5.41, 5.74) is 3.22. The quantitative estimate of drug-likeness (QED) is 0.839. The lowest BCUT2D eigenvalue weighted by molar-refractivity contribution is 0.139. The summed E-state index contributed by atoms with van der Waals surface area (Å²) < 4.78 is 0. The van der Waals surface area contributed by atoms with Crippen LogP contribution in [-0.4, -0.2) is 23.0 Å². The van der Waals surface area contributed by atoms with E-state index in [-0.39, 0.29) is 0 Å². The van der Waals surface area contributed by atoms with Gasteiger partial charge in [-0.3, -0.25) is 9.88 Å². The van der Waals surface area contributed by atoms with Gasteiger partial charge in [0.15, 0.2) is 0 Å². The van der Waals surface area contributed by atoms with Crippen molar-refractivity contribution in [1.29, 1.82) is 5.26 Å². The van der Waals surface area contributed by atoms with E-state index < -0.39 is 0 Å². The molecule has 0 aliphatic carbocycles. The highest BCUT2D eigenvalue weighted by Gasteiger charge is 2.28. The fourth-order valence-electron chi connectivity index (χ4n) is 2.54. The Morgan fingerprint density at radius 2 is 2.05 bits per heavy atom. The lowest BCUT2D eigenvalue weighted by atomic mass is 9.92. The van der Waals surface area contributed by atoms with Crippen molar-refractivity contribution in [3.8, 4) is 6.07 Å². The number of nitrogens with zero attached hydrogens (tertiary/aromatic N) is 3. The molecular formula is C16H15N3. The molecule has 1 fully saturated rings. The fourth-order valence-corrected chi connectivity index (χ4v) is 2.54. The van der Waals surface area contributed by atoms with Crippen LogP contribution in [0.2, 0.25) is 0 Å². The second-order valence-corrected chi connectivity index (χ2v) is 4.95. The van der Waals surface area contributed by atoms with E-state index in [9.17, 15) is 0 Å². The average Bonchev–Trinajstić information content (AvgIpc) is 2.43. The predicted octanol–water partition coefficient (Wildman–Crippen LogP) is 2.55. The topological polar surface area (TPSA) is 39.9 Å². The van der Waals surface area contributed by atoms with E-state index in [2.05, 4.69) is 22.0 Å². The second-order valence-electron chi connectivity index (χ2n) is 4.95. The first-order valence-corrected chi connectivity index (χ1v) is 6.47. The van der Waals surface area contributed by atoms with E-state index in [0.29, 0.717) is 5.92 Å². The first-order chi connectivity index (χ1) is 9.36. The number of rotatable bonds is 3. The molecule has 94 valence electrons. The summed E-state index contributed by atoms with van der Waals surface area (Å²) in [5, 5.41) is 9.08. The van der Waals surface area contributed by atoms with Crippen molar-refractivity contribution >= 4 is 0 Å². The van der Waals surface area contributed by atoms with Gasteiger partial charge >= 0.3 is 0 Å². The van der Waals surface area contributed by atoms with Crippen molar-refractivity contribution in [3.05, 3.63) is 65.5 Å². The molecule has 3 nitrogen and oxygen atoms in total. The van der Waals surface area contributed by atoms with Gasteiger partial charge in [0.2, 0.25) is 0 Å². The highest BCUT2D eigenvalue weighted by atomic mass is 15.2. The third kappa shape index (κ3) is 2.49. The maximum absolute atomic E-state index is 9.08. The molecule has 3 rings (SSSR count). The van der Waals surface area contributed by atoms with Crippen molar-refractivity contribution in [1.82, 2.24) is 9.88 Å². The molecule has 2 aromatic rings. The normalized spacial score (nSPS) is 15.7. The van der Waals surface area contributed by atoms with E-state index in [1.165, 1.54) is 5.56 Å².